The van der Waals surface area contributed by atoms with Crippen LogP contribution >= 0.6 is 0 Å². The molecule has 1 aliphatic heterocycles. The van der Waals surface area contributed by atoms with Crippen molar-refractivity contribution in [2.75, 3.05) is 6.54 Å². The van der Waals surface area contributed by atoms with Crippen LogP contribution in [0.3, 0.4) is 0 Å². The van der Waals surface area contributed by atoms with Crippen LogP contribution in [0.2, 0.25) is 0 Å². The van der Waals surface area contributed by atoms with E-state index in [1.54, 1.807) is 29.2 Å². The molecule has 2 aliphatic rings. The summed E-state index contributed by atoms with van der Waals surface area (Å²) in [5.41, 5.74) is 5.08. The fourth-order valence-corrected chi connectivity index (χ4v) is 5.82. The van der Waals surface area contributed by atoms with Crippen molar-refractivity contribution >= 4 is 23.4 Å². The maximum Gasteiger partial charge on any atom is 0.416 e. The van der Waals surface area contributed by atoms with Crippen LogP contribution in [-0.4, -0.2) is 40.5 Å². The van der Waals surface area contributed by atoms with E-state index in [9.17, 15) is 22.8 Å². The fourth-order valence-electron chi connectivity index (χ4n) is 5.82. The summed E-state index contributed by atoms with van der Waals surface area (Å²) in [5, 5.41) is 9.84. The van der Waals surface area contributed by atoms with E-state index in [1.165, 1.54) is 12.1 Å². The maximum atomic E-state index is 14.0. The molecule has 1 atom stereocenters. The molecule has 0 bridgehead atoms. The Morgan fingerprint density at radius 3 is 2.33 bits per heavy atom. The van der Waals surface area contributed by atoms with Gasteiger partial charge in [-0.3, -0.25) is 20.0 Å². The second kappa shape index (κ2) is 10.7. The second-order valence-electron chi connectivity index (χ2n) is 11.8. The first-order valence-electron chi connectivity index (χ1n) is 13.4. The van der Waals surface area contributed by atoms with Crippen LogP contribution in [0.4, 0.5) is 13.2 Å². The lowest BCUT2D eigenvalue weighted by Crippen LogP contribution is -2.50. The summed E-state index contributed by atoms with van der Waals surface area (Å²) in [6.45, 7) is 8.40. The van der Waals surface area contributed by atoms with Gasteiger partial charge in [0.05, 0.1) is 18.2 Å². The summed E-state index contributed by atoms with van der Waals surface area (Å²) >= 11 is 0. The molecule has 1 aliphatic carbocycles. The van der Waals surface area contributed by atoms with Gasteiger partial charge >= 0.3 is 6.18 Å². The lowest BCUT2D eigenvalue weighted by molar-refractivity contribution is -0.137. The largest absolute Gasteiger partial charge is 0.416 e. The number of rotatable bonds is 6. The van der Waals surface area contributed by atoms with Gasteiger partial charge in [0.2, 0.25) is 0 Å². The van der Waals surface area contributed by atoms with E-state index < -0.39 is 29.4 Å². The Bertz CT molecular complexity index is 1320. The van der Waals surface area contributed by atoms with Crippen LogP contribution in [0.1, 0.15) is 86.5 Å². The van der Waals surface area contributed by atoms with Crippen LogP contribution in [0.25, 0.3) is 0 Å². The summed E-state index contributed by atoms with van der Waals surface area (Å²) in [4.78, 5) is 33.0. The van der Waals surface area contributed by atoms with Gasteiger partial charge in [0.15, 0.2) is 0 Å². The molecule has 1 spiro atoms. The number of hydrogen-bond donors (Lipinski definition) is 3. The molecule has 40 heavy (non-hydrogen) atoms. The normalized spacial score (nSPS) is 22.3. The summed E-state index contributed by atoms with van der Waals surface area (Å²) in [7, 11) is 0. The fraction of sp³-hybridized carbons (Fsp3) is 0.467. The molecule has 0 aromatic heterocycles. The Kier molecular flexibility index (Phi) is 7.84. The summed E-state index contributed by atoms with van der Waals surface area (Å²) in [6.07, 6.45) is -1.63. The van der Waals surface area contributed by atoms with Crippen LogP contribution in [-0.2, 0) is 11.0 Å². The molecule has 0 saturated heterocycles. The molecule has 7 nitrogen and oxygen atoms in total. The molecule has 214 valence electrons. The summed E-state index contributed by atoms with van der Waals surface area (Å²) < 4.78 is 40.4. The average molecular weight is 556 g/mol. The first-order chi connectivity index (χ1) is 18.6. The highest BCUT2D eigenvalue weighted by Gasteiger charge is 2.52. The molecular weight excluding hydrogens is 519 g/mol. The number of amidine groups is 1. The number of carbonyl (C=O) groups is 2. The van der Waals surface area contributed by atoms with Crippen molar-refractivity contribution in [1.29, 1.82) is 5.41 Å². The number of halogens is 3. The van der Waals surface area contributed by atoms with Crippen molar-refractivity contribution in [2.45, 2.75) is 71.3 Å². The van der Waals surface area contributed by atoms with Gasteiger partial charge in [0, 0.05) is 11.1 Å². The Morgan fingerprint density at radius 1 is 1.15 bits per heavy atom. The third-order valence-electron chi connectivity index (χ3n) is 8.15. The van der Waals surface area contributed by atoms with Crippen LogP contribution in [0.15, 0.2) is 53.5 Å². The molecular formula is C30H36F3N5O2. The van der Waals surface area contributed by atoms with E-state index in [2.05, 4.69) is 26.1 Å². The molecule has 1 fully saturated rings. The molecule has 4 rings (SSSR count). The molecule has 0 radical (unpaired) electrons. The molecule has 4 N–H and O–H groups in total. The minimum Gasteiger partial charge on any atom is -0.386 e. The Hall–Kier alpha value is -3.69. The number of amides is 2. The average Bonchev–Trinajstić information content (AvgIpc) is 3.17. The number of nitrogens with zero attached hydrogens (tertiary/aromatic N) is 2. The van der Waals surface area contributed by atoms with Gasteiger partial charge in [-0.1, -0.05) is 45.0 Å². The number of aliphatic imine (C=N–C) groups is 1. The second-order valence-corrected chi connectivity index (χ2v) is 11.8. The Labute approximate surface area is 232 Å². The van der Waals surface area contributed by atoms with Gasteiger partial charge in [-0.05, 0) is 73.8 Å². The van der Waals surface area contributed by atoms with E-state index in [0.717, 1.165) is 30.5 Å². The zero-order chi connectivity index (χ0) is 29.5. The van der Waals surface area contributed by atoms with E-state index in [4.69, 9.17) is 16.1 Å². The molecule has 1 unspecified atom stereocenters. The monoisotopic (exact) mass is 555 g/mol. The number of carbonyl (C=O) groups excluding carboxylic acids is 2. The Morgan fingerprint density at radius 2 is 1.77 bits per heavy atom. The third kappa shape index (κ3) is 5.90. The number of nitrogens with one attached hydrogen (secondary N) is 2. The van der Waals surface area contributed by atoms with Crippen LogP contribution in [0.5, 0.6) is 0 Å². The maximum absolute atomic E-state index is 14.0. The van der Waals surface area contributed by atoms with Crippen molar-refractivity contribution in [3.63, 3.8) is 0 Å². The van der Waals surface area contributed by atoms with Crippen molar-refractivity contribution < 1.29 is 22.8 Å². The predicted molar refractivity (Wildman–Crippen MR) is 148 cm³/mol. The number of hydrogen-bond acceptors (Lipinski definition) is 4. The lowest BCUT2D eigenvalue weighted by atomic mass is 9.69. The third-order valence-corrected chi connectivity index (χ3v) is 8.15. The van der Waals surface area contributed by atoms with Gasteiger partial charge < -0.3 is 16.0 Å². The van der Waals surface area contributed by atoms with Crippen LogP contribution < -0.4 is 11.1 Å². The Balaban J connectivity index is 1.68. The predicted octanol–water partition coefficient (Wildman–Crippen LogP) is 5.70. The highest BCUT2D eigenvalue weighted by atomic mass is 19.4. The zero-order valence-electron chi connectivity index (χ0n) is 23.2. The van der Waals surface area contributed by atoms with E-state index >= 15 is 0 Å². The zero-order valence-corrected chi connectivity index (χ0v) is 23.2. The van der Waals surface area contributed by atoms with Gasteiger partial charge in [-0.2, -0.15) is 13.2 Å². The standard InChI is InChI=1S/C30H36F3N5O2/c1-18(19-8-10-20(11-9-19)26(39)36-17-24(34)35)38-27(40)25(21-6-5-7-23(16-21)30(31,32)33)37-29(38)14-12-22(13-15-29)28(2,3)4/h5-11,16,18,22H,12-15,17H2,1-4H3,(H3,34,35)(H,36,39). The number of nitrogens with two attached hydrogens (primary N) is 1. The topological polar surface area (TPSA) is 112 Å². The van der Waals surface area contributed by atoms with Crippen molar-refractivity contribution in [1.82, 2.24) is 10.2 Å². The lowest BCUT2D eigenvalue weighted by Gasteiger charge is -2.46. The first kappa shape index (κ1) is 29.3. The highest BCUT2D eigenvalue weighted by molar-refractivity contribution is 6.46. The smallest absolute Gasteiger partial charge is 0.386 e. The van der Waals surface area contributed by atoms with E-state index in [1.807, 2.05) is 6.92 Å². The van der Waals surface area contributed by atoms with Gasteiger partial charge in [-0.25, -0.2) is 0 Å². The van der Waals surface area contributed by atoms with Crippen molar-refractivity contribution in [2.24, 2.45) is 22.1 Å². The van der Waals surface area contributed by atoms with Gasteiger partial charge in [-0.15, -0.1) is 0 Å². The molecule has 10 heteroatoms. The molecule has 1 saturated carbocycles. The van der Waals surface area contributed by atoms with Crippen molar-refractivity contribution in [3.05, 3.63) is 70.8 Å². The molecule has 2 aromatic carbocycles. The SMILES string of the molecule is CC(c1ccc(C(=O)NCC(=N)N)cc1)N1C(=O)C(c2cccc(C(F)(F)F)c2)=NC12CCC(C(C)(C)C)CC2. The van der Waals surface area contributed by atoms with Gasteiger partial charge in [0.25, 0.3) is 11.8 Å². The minimum atomic E-state index is -4.54. The first-order valence-corrected chi connectivity index (χ1v) is 13.4. The van der Waals surface area contributed by atoms with E-state index in [-0.39, 0.29) is 35.0 Å². The summed E-state index contributed by atoms with van der Waals surface area (Å²) in [5.74, 6) is -0.497. The molecule has 2 aromatic rings. The highest BCUT2D eigenvalue weighted by Crippen LogP contribution is 2.49. The minimum absolute atomic E-state index is 0.0485. The van der Waals surface area contributed by atoms with Crippen LogP contribution in [0, 0.1) is 16.7 Å². The quantitative estimate of drug-likeness (QED) is 0.314. The number of benzene rings is 2. The van der Waals surface area contributed by atoms with Crippen molar-refractivity contribution in [3.8, 4) is 0 Å². The van der Waals surface area contributed by atoms with Gasteiger partial charge in [0.1, 0.15) is 17.2 Å². The summed E-state index contributed by atoms with van der Waals surface area (Å²) in [6, 6.07) is 11.1. The number of alkyl halides is 3. The molecule has 2 amide bonds. The molecule has 1 heterocycles. The van der Waals surface area contributed by atoms with E-state index in [0.29, 0.717) is 24.3 Å².